The molecule has 164 valence electrons. The third-order valence-corrected chi connectivity index (χ3v) is 4.28. The van der Waals surface area contributed by atoms with Gasteiger partial charge in [0.2, 0.25) is 5.43 Å². The summed E-state index contributed by atoms with van der Waals surface area (Å²) >= 11 is 1.41. The molecule has 0 radical (unpaired) electrons. The number of hydrogen-bond donors (Lipinski definition) is 1. The summed E-state index contributed by atoms with van der Waals surface area (Å²) < 4.78 is 11.2. The average molecular weight is 416 g/mol. The number of thiophene rings is 1. The highest BCUT2D eigenvalue weighted by atomic mass is 32.1. The molecule has 0 aliphatic heterocycles. The van der Waals surface area contributed by atoms with Crippen molar-refractivity contribution in [2.45, 2.75) is 67.7 Å². The third-order valence-electron chi connectivity index (χ3n) is 3.19. The van der Waals surface area contributed by atoms with Gasteiger partial charge in [-0.05, 0) is 25.1 Å². The Balaban J connectivity index is 0. The van der Waals surface area contributed by atoms with E-state index in [1.54, 1.807) is 7.11 Å². The lowest BCUT2D eigenvalue weighted by Gasteiger charge is -2.21. The van der Waals surface area contributed by atoms with Crippen LogP contribution in [0.3, 0.4) is 0 Å². The number of rotatable bonds is 7. The summed E-state index contributed by atoms with van der Waals surface area (Å²) in [5.74, 6) is 0.546. The van der Waals surface area contributed by atoms with Gasteiger partial charge >= 0.3 is 0 Å². The first-order valence-corrected chi connectivity index (χ1v) is 11.2. The molecule has 1 N–H and O–H groups in total. The van der Waals surface area contributed by atoms with Crippen molar-refractivity contribution in [1.29, 1.82) is 0 Å². The van der Waals surface area contributed by atoms with Crippen LogP contribution in [-0.4, -0.2) is 38.5 Å². The molecule has 0 aromatic carbocycles. The molecule has 0 saturated carbocycles. The Morgan fingerprint density at radius 2 is 1.75 bits per heavy atom. The number of anilines is 1. The van der Waals surface area contributed by atoms with Crippen LogP contribution in [0.25, 0.3) is 10.3 Å². The normalized spacial score (nSPS) is 9.46. The molecular weight excluding hydrogens is 374 g/mol. The summed E-state index contributed by atoms with van der Waals surface area (Å²) in [5, 5.41) is 11.0. The van der Waals surface area contributed by atoms with Crippen LogP contribution in [0.4, 0.5) is 5.88 Å². The molecule has 0 bridgehead atoms. The quantitative estimate of drug-likeness (QED) is 0.614. The number of ether oxygens (including phenoxy) is 1. The fraction of sp³-hybridized carbons (Fsp3) is 0.682. The summed E-state index contributed by atoms with van der Waals surface area (Å²) in [4.78, 5) is 13.9. The lowest BCUT2D eigenvalue weighted by Crippen LogP contribution is -2.28. The van der Waals surface area contributed by atoms with Gasteiger partial charge in [0.1, 0.15) is 4.70 Å². The maximum absolute atomic E-state index is 12.0. The predicted molar refractivity (Wildman–Crippen MR) is 124 cm³/mol. The number of aliphatic hydroxyl groups is 1. The SMILES string of the molecule is CC.CCC.CCCN(CCO)c1cc(=O)c2scc(C)c2o1.CCCOC. The number of nitrogens with zero attached hydrogens (tertiary/aromatic N) is 1. The second-order valence-electron chi connectivity index (χ2n) is 5.94. The molecule has 0 saturated heterocycles. The van der Waals surface area contributed by atoms with Gasteiger partial charge < -0.3 is 19.2 Å². The summed E-state index contributed by atoms with van der Waals surface area (Å²) in [7, 11) is 1.71. The first kappa shape index (κ1) is 28.8. The van der Waals surface area contributed by atoms with Crippen LogP contribution in [0.15, 0.2) is 20.7 Å². The Labute approximate surface area is 175 Å². The van der Waals surface area contributed by atoms with E-state index in [0.717, 1.165) is 31.6 Å². The Bertz CT molecular complexity index is 644. The predicted octanol–water partition coefficient (Wildman–Crippen LogP) is 5.86. The number of hydrogen-bond acceptors (Lipinski definition) is 6. The smallest absolute Gasteiger partial charge is 0.204 e. The van der Waals surface area contributed by atoms with Gasteiger partial charge in [-0.3, -0.25) is 4.79 Å². The molecule has 0 unspecified atom stereocenters. The highest BCUT2D eigenvalue weighted by Crippen LogP contribution is 2.26. The van der Waals surface area contributed by atoms with E-state index >= 15 is 0 Å². The minimum atomic E-state index is -0.0107. The van der Waals surface area contributed by atoms with Gasteiger partial charge in [-0.25, -0.2) is 0 Å². The van der Waals surface area contributed by atoms with Gasteiger partial charge in [0, 0.05) is 38.4 Å². The maximum Gasteiger partial charge on any atom is 0.204 e. The van der Waals surface area contributed by atoms with Crippen LogP contribution in [0.5, 0.6) is 0 Å². The number of methoxy groups -OCH3 is 1. The zero-order valence-corrected chi connectivity index (χ0v) is 19.9. The lowest BCUT2D eigenvalue weighted by atomic mass is 10.3. The second-order valence-corrected chi connectivity index (χ2v) is 6.82. The van der Waals surface area contributed by atoms with E-state index in [2.05, 4.69) is 27.7 Å². The van der Waals surface area contributed by atoms with Gasteiger partial charge in [-0.2, -0.15) is 0 Å². The van der Waals surface area contributed by atoms with Crippen molar-refractivity contribution in [3.63, 3.8) is 0 Å². The third kappa shape index (κ3) is 10.8. The van der Waals surface area contributed by atoms with Crippen LogP contribution in [-0.2, 0) is 4.74 Å². The van der Waals surface area contributed by atoms with Crippen molar-refractivity contribution in [3.8, 4) is 0 Å². The van der Waals surface area contributed by atoms with Gasteiger partial charge in [0.15, 0.2) is 11.5 Å². The van der Waals surface area contributed by atoms with Crippen LogP contribution in [0, 0.1) is 6.92 Å². The van der Waals surface area contributed by atoms with Crippen LogP contribution in [0.1, 0.15) is 66.4 Å². The molecule has 0 atom stereocenters. The standard InChI is InChI=1S/C13H17NO3S.C4H10O.C3H8.C2H6/c1-3-4-14(5-6-15)11-7-10(16)13-12(17-11)9(2)8-18-13;1-3-4-5-2;1-3-2;1-2/h7-8,15H,3-6H2,1-2H3;3-4H2,1-2H3;3H2,1-2H3;1-2H3. The number of fused-ring (bicyclic) bond motifs is 1. The van der Waals surface area contributed by atoms with E-state index in [1.165, 1.54) is 23.8 Å². The molecule has 2 aromatic rings. The largest absolute Gasteiger partial charge is 0.439 e. The minimum absolute atomic E-state index is 0.0107. The van der Waals surface area contributed by atoms with Crippen LogP contribution in [0.2, 0.25) is 0 Å². The molecule has 0 amide bonds. The summed E-state index contributed by atoms with van der Waals surface area (Å²) in [6.45, 7) is 16.5. The Morgan fingerprint density at radius 1 is 1.14 bits per heavy atom. The lowest BCUT2D eigenvalue weighted by molar-refractivity contribution is 0.199. The molecule has 28 heavy (non-hydrogen) atoms. The van der Waals surface area contributed by atoms with Crippen molar-refractivity contribution in [2.24, 2.45) is 0 Å². The van der Waals surface area contributed by atoms with E-state index in [-0.39, 0.29) is 12.0 Å². The summed E-state index contributed by atoms with van der Waals surface area (Å²) in [6, 6.07) is 1.52. The maximum atomic E-state index is 12.0. The van der Waals surface area contributed by atoms with E-state index in [1.807, 2.05) is 31.1 Å². The van der Waals surface area contributed by atoms with Crippen molar-refractivity contribution in [1.82, 2.24) is 0 Å². The molecule has 6 heteroatoms. The highest BCUT2D eigenvalue weighted by Gasteiger charge is 2.13. The fourth-order valence-corrected chi connectivity index (χ4v) is 3.01. The molecule has 2 rings (SSSR count). The molecule has 0 aliphatic rings. The molecule has 2 aromatic heterocycles. The van der Waals surface area contributed by atoms with Crippen molar-refractivity contribution < 1.29 is 14.3 Å². The second kappa shape index (κ2) is 19.0. The van der Waals surface area contributed by atoms with Gasteiger partial charge in [0.05, 0.1) is 6.61 Å². The fourth-order valence-electron chi connectivity index (χ4n) is 2.12. The van der Waals surface area contributed by atoms with Crippen molar-refractivity contribution in [2.75, 3.05) is 38.3 Å². The Morgan fingerprint density at radius 3 is 2.18 bits per heavy atom. The monoisotopic (exact) mass is 415 g/mol. The van der Waals surface area contributed by atoms with Gasteiger partial charge in [-0.15, -0.1) is 11.3 Å². The first-order valence-electron chi connectivity index (χ1n) is 10.4. The number of aryl methyl sites for hydroxylation is 1. The Kier molecular flexibility index (Phi) is 19.5. The summed E-state index contributed by atoms with van der Waals surface area (Å²) in [5.41, 5.74) is 1.64. The average Bonchev–Trinajstić information content (AvgIpc) is 3.07. The van der Waals surface area contributed by atoms with E-state index in [9.17, 15) is 4.79 Å². The number of aliphatic hydroxyl groups excluding tert-OH is 1. The Hall–Kier alpha value is -1.37. The molecule has 0 fully saturated rings. The van der Waals surface area contributed by atoms with Gasteiger partial charge in [-0.1, -0.05) is 48.0 Å². The van der Waals surface area contributed by atoms with Crippen molar-refractivity contribution in [3.05, 3.63) is 27.2 Å². The summed E-state index contributed by atoms with van der Waals surface area (Å²) in [6.07, 6.45) is 3.31. The zero-order chi connectivity index (χ0) is 21.9. The first-order chi connectivity index (χ1) is 13.5. The molecule has 2 heterocycles. The van der Waals surface area contributed by atoms with Crippen LogP contribution >= 0.6 is 11.3 Å². The van der Waals surface area contributed by atoms with E-state index in [0.29, 0.717) is 22.7 Å². The van der Waals surface area contributed by atoms with Gasteiger partial charge in [0.25, 0.3) is 0 Å². The van der Waals surface area contributed by atoms with Crippen molar-refractivity contribution >= 4 is 27.5 Å². The van der Waals surface area contributed by atoms with Crippen LogP contribution < -0.4 is 10.3 Å². The molecular formula is C22H41NO4S. The topological polar surface area (TPSA) is 62.9 Å². The van der Waals surface area contributed by atoms with E-state index < -0.39 is 0 Å². The molecule has 5 nitrogen and oxygen atoms in total. The minimum Gasteiger partial charge on any atom is -0.439 e. The molecule has 0 spiro atoms. The zero-order valence-electron chi connectivity index (χ0n) is 19.1. The molecule has 0 aliphatic carbocycles. The highest BCUT2D eigenvalue weighted by molar-refractivity contribution is 7.17. The van der Waals surface area contributed by atoms with E-state index in [4.69, 9.17) is 14.3 Å².